The molecule has 3 heteroatoms. The lowest BCUT2D eigenvalue weighted by atomic mass is 9.70. The van der Waals surface area contributed by atoms with Gasteiger partial charge in [0.2, 0.25) is 0 Å². The van der Waals surface area contributed by atoms with Gasteiger partial charge in [-0.25, -0.2) is 0 Å². The van der Waals surface area contributed by atoms with Gasteiger partial charge in [0.25, 0.3) is 0 Å². The first-order chi connectivity index (χ1) is 13.1. The quantitative estimate of drug-likeness (QED) is 0.236. The maximum Gasteiger partial charge on any atom is 0.185 e. The van der Waals surface area contributed by atoms with Gasteiger partial charge >= 0.3 is 0 Å². The summed E-state index contributed by atoms with van der Waals surface area (Å²) in [7, 11) is 0. The molecule has 0 amide bonds. The van der Waals surface area contributed by atoms with Crippen LogP contribution in [0.5, 0.6) is 0 Å². The fourth-order valence-electron chi connectivity index (χ4n) is 2.78. The van der Waals surface area contributed by atoms with E-state index in [1.165, 1.54) is 11.0 Å². The molecular weight excluding hydrogens is 364 g/mol. The Morgan fingerprint density at radius 2 is 1.68 bits per heavy atom. The summed E-state index contributed by atoms with van der Waals surface area (Å²) < 4.78 is 0. The fraction of sp³-hybridized carbons (Fsp3) is 0.360. The minimum atomic E-state index is -0.308. The number of carbonyl (C=O) groups is 2. The van der Waals surface area contributed by atoms with E-state index in [2.05, 4.69) is 70.9 Å². The third-order valence-corrected chi connectivity index (χ3v) is 5.53. The van der Waals surface area contributed by atoms with Gasteiger partial charge < -0.3 is 0 Å². The third-order valence-electron chi connectivity index (χ3n) is 4.56. The molecule has 1 aliphatic rings. The smallest absolute Gasteiger partial charge is 0.185 e. The van der Waals surface area contributed by atoms with E-state index in [0.717, 1.165) is 17.4 Å². The van der Waals surface area contributed by atoms with Crippen LogP contribution in [0.1, 0.15) is 52.3 Å². The molecule has 0 aliphatic heterocycles. The second-order valence-electron chi connectivity index (χ2n) is 8.25. The number of Topliss-reactive ketones (excluding diaryl/α,β-unsaturated/α-hetero) is 1. The van der Waals surface area contributed by atoms with Crippen LogP contribution in [-0.2, 0) is 9.59 Å². The molecule has 2 nitrogen and oxygen atoms in total. The molecule has 1 aromatic rings. The Morgan fingerprint density at radius 1 is 1.04 bits per heavy atom. The molecule has 150 valence electrons. The minimum absolute atomic E-state index is 0.149. The van der Waals surface area contributed by atoms with Crippen molar-refractivity contribution in [3.8, 4) is 0 Å². The summed E-state index contributed by atoms with van der Waals surface area (Å²) in [6, 6.07) is 4.20. The van der Waals surface area contributed by atoms with Crippen molar-refractivity contribution in [2.24, 2.45) is 10.8 Å². The molecule has 1 heterocycles. The number of aldehydes is 1. The Kier molecular flexibility index (Phi) is 8.77. The van der Waals surface area contributed by atoms with Crippen molar-refractivity contribution in [1.82, 2.24) is 0 Å². The van der Waals surface area contributed by atoms with Crippen molar-refractivity contribution >= 4 is 23.4 Å². The first kappa shape index (κ1) is 23.8. The average molecular weight is 397 g/mol. The number of allylic oxidation sites excluding steroid dienone is 9. The molecule has 1 unspecified atom stereocenters. The maximum absolute atomic E-state index is 12.9. The normalized spacial score (nSPS) is 17.8. The highest BCUT2D eigenvalue weighted by Crippen LogP contribution is 2.42. The standard InChI is InChI=1S/C19H24OS.C6H8O/c1-7-19(5,6)15-12-13(16-9-8-10-21-16)11-14(17(15)20)18(2,3)4;1-2-3-4-5-6-7/h7-13H,1H2,2-6H3;2-6H,1H3. The summed E-state index contributed by atoms with van der Waals surface area (Å²) in [6.45, 7) is 16.2. The molecule has 0 spiro atoms. The monoisotopic (exact) mass is 396 g/mol. The zero-order chi connectivity index (χ0) is 21.4. The highest BCUT2D eigenvalue weighted by Gasteiger charge is 2.36. The van der Waals surface area contributed by atoms with Crippen molar-refractivity contribution in [3.05, 3.63) is 82.6 Å². The predicted molar refractivity (Wildman–Crippen MR) is 122 cm³/mol. The van der Waals surface area contributed by atoms with Crippen LogP contribution in [0.2, 0.25) is 0 Å². The second kappa shape index (κ2) is 10.3. The van der Waals surface area contributed by atoms with Gasteiger partial charge in [0.1, 0.15) is 6.29 Å². The minimum Gasteiger partial charge on any atom is -0.299 e. The number of carbonyl (C=O) groups excluding carboxylic acids is 2. The van der Waals surface area contributed by atoms with Crippen molar-refractivity contribution in [3.63, 3.8) is 0 Å². The highest BCUT2D eigenvalue weighted by molar-refractivity contribution is 7.10. The molecular formula is C25H32O2S. The largest absolute Gasteiger partial charge is 0.299 e. The zero-order valence-electron chi connectivity index (χ0n) is 17.9. The molecule has 0 saturated carbocycles. The maximum atomic E-state index is 12.9. The predicted octanol–water partition coefficient (Wildman–Crippen LogP) is 6.84. The molecule has 28 heavy (non-hydrogen) atoms. The molecule has 0 N–H and O–H groups in total. The first-order valence-electron chi connectivity index (χ1n) is 9.48. The molecule has 1 aromatic heterocycles. The van der Waals surface area contributed by atoms with E-state index in [-0.39, 0.29) is 22.5 Å². The summed E-state index contributed by atoms with van der Waals surface area (Å²) in [5.74, 6) is 0.353. The van der Waals surface area contributed by atoms with E-state index in [9.17, 15) is 9.59 Å². The number of hydrogen-bond acceptors (Lipinski definition) is 3. The van der Waals surface area contributed by atoms with Crippen molar-refractivity contribution in [2.75, 3.05) is 0 Å². The van der Waals surface area contributed by atoms with E-state index in [1.54, 1.807) is 23.5 Å². The lowest BCUT2D eigenvalue weighted by Crippen LogP contribution is -2.29. The molecule has 0 fully saturated rings. The van der Waals surface area contributed by atoms with Crippen molar-refractivity contribution in [1.29, 1.82) is 0 Å². The molecule has 1 atom stereocenters. The van der Waals surface area contributed by atoms with E-state index in [4.69, 9.17) is 0 Å². The van der Waals surface area contributed by atoms with Gasteiger partial charge in [0, 0.05) is 27.4 Å². The SMILES string of the molecule is C=CC(C)(C)C1=CC(c2cccs2)C=C(C(C)(C)C)C1=O.CC=CC=CC=O. The topological polar surface area (TPSA) is 34.1 Å². The first-order valence-corrected chi connectivity index (χ1v) is 10.4. The van der Waals surface area contributed by atoms with Crippen LogP contribution >= 0.6 is 11.3 Å². The average Bonchev–Trinajstić information content (AvgIpc) is 3.16. The Labute approximate surface area is 174 Å². The van der Waals surface area contributed by atoms with Crippen LogP contribution in [0.4, 0.5) is 0 Å². The molecule has 0 aromatic carbocycles. The molecule has 2 rings (SSSR count). The van der Waals surface area contributed by atoms with E-state index >= 15 is 0 Å². The summed E-state index contributed by atoms with van der Waals surface area (Å²) in [4.78, 5) is 23.8. The van der Waals surface area contributed by atoms with Gasteiger partial charge in [-0.15, -0.1) is 17.9 Å². The second-order valence-corrected chi connectivity index (χ2v) is 9.23. The summed E-state index contributed by atoms with van der Waals surface area (Å²) in [5.41, 5.74) is 1.32. The molecule has 0 bridgehead atoms. The number of hydrogen-bond donors (Lipinski definition) is 0. The molecule has 0 radical (unpaired) electrons. The van der Waals surface area contributed by atoms with Gasteiger partial charge in [0.05, 0.1) is 0 Å². The van der Waals surface area contributed by atoms with E-state index in [0.29, 0.717) is 0 Å². The van der Waals surface area contributed by atoms with Crippen LogP contribution in [-0.4, -0.2) is 12.1 Å². The molecule has 0 saturated heterocycles. The lowest BCUT2D eigenvalue weighted by molar-refractivity contribution is -0.114. The Morgan fingerprint density at radius 3 is 2.14 bits per heavy atom. The van der Waals surface area contributed by atoms with Crippen molar-refractivity contribution in [2.45, 2.75) is 47.5 Å². The van der Waals surface area contributed by atoms with E-state index < -0.39 is 0 Å². The third kappa shape index (κ3) is 6.42. The highest BCUT2D eigenvalue weighted by atomic mass is 32.1. The van der Waals surface area contributed by atoms with Crippen LogP contribution in [0.15, 0.2) is 77.8 Å². The Bertz CT molecular complexity index is 794. The van der Waals surface area contributed by atoms with Gasteiger partial charge in [-0.3, -0.25) is 9.59 Å². The van der Waals surface area contributed by atoms with E-state index in [1.807, 2.05) is 19.1 Å². The van der Waals surface area contributed by atoms with Gasteiger partial charge in [-0.05, 0) is 29.9 Å². The van der Waals surface area contributed by atoms with Gasteiger partial charge in [-0.2, -0.15) is 0 Å². The van der Waals surface area contributed by atoms with Gasteiger partial charge in [0.15, 0.2) is 5.78 Å². The fourth-order valence-corrected chi connectivity index (χ4v) is 3.54. The van der Waals surface area contributed by atoms with Crippen LogP contribution in [0, 0.1) is 10.8 Å². The van der Waals surface area contributed by atoms with Crippen LogP contribution in [0.3, 0.4) is 0 Å². The lowest BCUT2D eigenvalue weighted by Gasteiger charge is -2.33. The Hall–Kier alpha value is -2.26. The van der Waals surface area contributed by atoms with Crippen LogP contribution in [0.25, 0.3) is 0 Å². The number of rotatable bonds is 5. The number of ketones is 1. The summed E-state index contributed by atoms with van der Waals surface area (Å²) in [6.07, 6.45) is 13.7. The molecule has 1 aliphatic carbocycles. The number of thiophene rings is 1. The Balaban J connectivity index is 0.000000480. The van der Waals surface area contributed by atoms with Crippen molar-refractivity contribution < 1.29 is 9.59 Å². The van der Waals surface area contributed by atoms with Crippen LogP contribution < -0.4 is 0 Å². The summed E-state index contributed by atoms with van der Waals surface area (Å²) in [5, 5.41) is 2.09. The van der Waals surface area contributed by atoms with Gasteiger partial charge in [-0.1, -0.05) is 77.1 Å². The zero-order valence-corrected chi connectivity index (χ0v) is 18.7. The summed E-state index contributed by atoms with van der Waals surface area (Å²) >= 11 is 1.74.